The SMILES string of the molecule is CC(C)(C)c1cc(NC(=O)Nc2ccc(Oc3ccncc3)cc2)n(-c2ccc(OCCCO)cc2)n1. The fourth-order valence-corrected chi connectivity index (χ4v) is 3.40. The van der Waals surface area contributed by atoms with Gasteiger partial charge in [-0.3, -0.25) is 10.3 Å². The summed E-state index contributed by atoms with van der Waals surface area (Å²) < 4.78 is 13.1. The number of ether oxygens (including phenoxy) is 2. The van der Waals surface area contributed by atoms with E-state index in [-0.39, 0.29) is 12.0 Å². The van der Waals surface area contributed by atoms with Crippen LogP contribution in [0.1, 0.15) is 32.9 Å². The van der Waals surface area contributed by atoms with Gasteiger partial charge in [0.15, 0.2) is 0 Å². The minimum Gasteiger partial charge on any atom is -0.494 e. The Labute approximate surface area is 216 Å². The Morgan fingerprint density at radius 3 is 2.22 bits per heavy atom. The molecule has 2 aromatic carbocycles. The minimum absolute atomic E-state index is 0.0849. The zero-order valence-corrected chi connectivity index (χ0v) is 21.1. The number of aliphatic hydroxyl groups excluding tert-OH is 1. The van der Waals surface area contributed by atoms with Crippen LogP contribution in [-0.4, -0.2) is 39.1 Å². The highest BCUT2D eigenvalue weighted by atomic mass is 16.5. The number of hydrogen-bond acceptors (Lipinski definition) is 6. The van der Waals surface area contributed by atoms with Crippen molar-refractivity contribution in [1.29, 1.82) is 0 Å². The molecule has 0 atom stereocenters. The topological polar surface area (TPSA) is 111 Å². The molecule has 9 heteroatoms. The van der Waals surface area contributed by atoms with Gasteiger partial charge in [0, 0.05) is 42.6 Å². The summed E-state index contributed by atoms with van der Waals surface area (Å²) in [5, 5.41) is 19.4. The van der Waals surface area contributed by atoms with Crippen molar-refractivity contribution in [1.82, 2.24) is 14.8 Å². The summed E-state index contributed by atoms with van der Waals surface area (Å²) in [4.78, 5) is 16.8. The van der Waals surface area contributed by atoms with E-state index in [1.807, 2.05) is 30.3 Å². The van der Waals surface area contributed by atoms with E-state index >= 15 is 0 Å². The molecule has 2 heterocycles. The van der Waals surface area contributed by atoms with Gasteiger partial charge >= 0.3 is 6.03 Å². The predicted molar refractivity (Wildman–Crippen MR) is 143 cm³/mol. The molecule has 0 radical (unpaired) electrons. The molecule has 3 N–H and O–H groups in total. The molecule has 0 unspecified atom stereocenters. The van der Waals surface area contributed by atoms with Crippen LogP contribution >= 0.6 is 0 Å². The lowest BCUT2D eigenvalue weighted by Crippen LogP contribution is -2.21. The second kappa shape index (κ2) is 11.6. The minimum atomic E-state index is -0.395. The van der Waals surface area contributed by atoms with E-state index < -0.39 is 6.03 Å². The molecule has 0 saturated heterocycles. The summed E-state index contributed by atoms with van der Waals surface area (Å²) in [6.07, 6.45) is 3.89. The number of carbonyl (C=O) groups excluding carboxylic acids is 1. The van der Waals surface area contributed by atoms with E-state index in [4.69, 9.17) is 19.7 Å². The van der Waals surface area contributed by atoms with Crippen molar-refractivity contribution >= 4 is 17.5 Å². The molecule has 9 nitrogen and oxygen atoms in total. The molecule has 192 valence electrons. The Morgan fingerprint density at radius 1 is 0.919 bits per heavy atom. The lowest BCUT2D eigenvalue weighted by atomic mass is 9.92. The number of nitrogens with one attached hydrogen (secondary N) is 2. The maximum Gasteiger partial charge on any atom is 0.324 e. The monoisotopic (exact) mass is 501 g/mol. The largest absolute Gasteiger partial charge is 0.494 e. The molecule has 4 aromatic rings. The summed E-state index contributed by atoms with van der Waals surface area (Å²) in [6, 6.07) is 19.5. The lowest BCUT2D eigenvalue weighted by Gasteiger charge is -2.14. The summed E-state index contributed by atoms with van der Waals surface area (Å²) in [6.45, 7) is 6.72. The van der Waals surface area contributed by atoms with Crippen molar-refractivity contribution in [2.24, 2.45) is 0 Å². The number of pyridine rings is 1. The highest BCUT2D eigenvalue weighted by Crippen LogP contribution is 2.28. The van der Waals surface area contributed by atoms with Gasteiger partial charge in [-0.05, 0) is 60.7 Å². The lowest BCUT2D eigenvalue weighted by molar-refractivity contribution is 0.233. The molecule has 0 aliphatic carbocycles. The van der Waals surface area contributed by atoms with Gasteiger partial charge in [-0.1, -0.05) is 20.8 Å². The van der Waals surface area contributed by atoms with E-state index in [9.17, 15) is 4.79 Å². The molecule has 2 aromatic heterocycles. The van der Waals surface area contributed by atoms with Gasteiger partial charge in [0.2, 0.25) is 0 Å². The molecule has 0 saturated carbocycles. The number of carbonyl (C=O) groups is 1. The molecule has 37 heavy (non-hydrogen) atoms. The fraction of sp³-hybridized carbons (Fsp3) is 0.250. The Hall–Kier alpha value is -4.37. The van der Waals surface area contributed by atoms with Crippen molar-refractivity contribution in [3.8, 4) is 22.9 Å². The second-order valence-corrected chi connectivity index (χ2v) is 9.38. The average molecular weight is 502 g/mol. The quantitative estimate of drug-likeness (QED) is 0.251. The molecule has 2 amide bonds. The number of nitrogens with zero attached hydrogens (tertiary/aromatic N) is 3. The summed E-state index contributed by atoms with van der Waals surface area (Å²) in [5.41, 5.74) is 2.02. The van der Waals surface area contributed by atoms with Gasteiger partial charge in [-0.15, -0.1) is 0 Å². The number of amides is 2. The molecular formula is C28H31N5O4. The van der Waals surface area contributed by atoms with E-state index in [1.54, 1.807) is 53.5 Å². The third-order valence-corrected chi connectivity index (χ3v) is 5.37. The first-order valence-electron chi connectivity index (χ1n) is 12.0. The third kappa shape index (κ3) is 7.08. The highest BCUT2D eigenvalue weighted by Gasteiger charge is 2.21. The maximum absolute atomic E-state index is 12.9. The van der Waals surface area contributed by atoms with Crippen LogP contribution in [0.15, 0.2) is 79.1 Å². The molecule has 0 bridgehead atoms. The van der Waals surface area contributed by atoms with Crippen LogP contribution in [0.25, 0.3) is 5.69 Å². The Bertz CT molecular complexity index is 1300. The van der Waals surface area contributed by atoms with Crippen LogP contribution < -0.4 is 20.1 Å². The summed E-state index contributed by atoms with van der Waals surface area (Å²) >= 11 is 0. The van der Waals surface area contributed by atoms with Crippen molar-refractivity contribution in [2.75, 3.05) is 23.8 Å². The standard InChI is InChI=1S/C28H31N5O4/c1-28(2,3)25-19-26(33(32-25)21-7-11-22(12-8-21)36-18-4-17-34)31-27(35)30-20-5-9-23(10-6-20)37-24-13-15-29-16-14-24/h5-16,19,34H,4,17-18H2,1-3H3,(H2,30,31,35). The number of benzene rings is 2. The Morgan fingerprint density at radius 2 is 1.57 bits per heavy atom. The highest BCUT2D eigenvalue weighted by molar-refractivity contribution is 5.99. The second-order valence-electron chi connectivity index (χ2n) is 9.38. The molecule has 4 rings (SSSR count). The predicted octanol–water partition coefficient (Wildman–Crippen LogP) is 5.76. The van der Waals surface area contributed by atoms with Gasteiger partial charge in [-0.2, -0.15) is 5.10 Å². The number of rotatable bonds is 9. The molecule has 0 aliphatic heterocycles. The zero-order valence-electron chi connectivity index (χ0n) is 21.1. The van der Waals surface area contributed by atoms with E-state index in [0.717, 1.165) is 11.4 Å². The first-order valence-corrected chi connectivity index (χ1v) is 12.0. The zero-order chi connectivity index (χ0) is 26.3. The van der Waals surface area contributed by atoms with Crippen LogP contribution in [-0.2, 0) is 5.41 Å². The van der Waals surface area contributed by atoms with Crippen molar-refractivity contribution in [3.63, 3.8) is 0 Å². The summed E-state index contributed by atoms with van der Waals surface area (Å²) in [5.74, 6) is 2.56. The van der Waals surface area contributed by atoms with Crippen molar-refractivity contribution in [2.45, 2.75) is 32.6 Å². The smallest absolute Gasteiger partial charge is 0.324 e. The molecule has 0 aliphatic rings. The summed E-state index contributed by atoms with van der Waals surface area (Å²) in [7, 11) is 0. The van der Waals surface area contributed by atoms with Gasteiger partial charge in [-0.25, -0.2) is 9.48 Å². The first-order chi connectivity index (χ1) is 17.8. The van der Waals surface area contributed by atoms with Crippen molar-refractivity contribution in [3.05, 3.63) is 84.8 Å². The Kier molecular flexibility index (Phi) is 8.05. The van der Waals surface area contributed by atoms with E-state index in [2.05, 4.69) is 36.4 Å². The van der Waals surface area contributed by atoms with Crippen LogP contribution in [0.4, 0.5) is 16.3 Å². The number of aromatic nitrogens is 3. The van der Waals surface area contributed by atoms with Gasteiger partial charge in [0.25, 0.3) is 0 Å². The van der Waals surface area contributed by atoms with Crippen LogP contribution in [0.2, 0.25) is 0 Å². The van der Waals surface area contributed by atoms with Crippen molar-refractivity contribution < 1.29 is 19.4 Å². The first kappa shape index (κ1) is 25.7. The number of hydrogen-bond donors (Lipinski definition) is 3. The van der Waals surface area contributed by atoms with Crippen LogP contribution in [0.5, 0.6) is 17.2 Å². The van der Waals surface area contributed by atoms with Crippen LogP contribution in [0, 0.1) is 0 Å². The van der Waals surface area contributed by atoms with E-state index in [0.29, 0.717) is 41.8 Å². The van der Waals surface area contributed by atoms with Gasteiger partial charge in [0.05, 0.1) is 18.0 Å². The molecular weight excluding hydrogens is 470 g/mol. The number of aliphatic hydroxyl groups is 1. The number of urea groups is 1. The maximum atomic E-state index is 12.9. The van der Waals surface area contributed by atoms with Crippen LogP contribution in [0.3, 0.4) is 0 Å². The average Bonchev–Trinajstić information content (AvgIpc) is 3.31. The van der Waals surface area contributed by atoms with Gasteiger partial charge < -0.3 is 19.9 Å². The molecule has 0 spiro atoms. The number of anilines is 2. The van der Waals surface area contributed by atoms with Gasteiger partial charge in [0.1, 0.15) is 23.1 Å². The van der Waals surface area contributed by atoms with E-state index in [1.165, 1.54) is 0 Å². The fourth-order valence-electron chi connectivity index (χ4n) is 3.40. The third-order valence-electron chi connectivity index (χ3n) is 5.37. The Balaban J connectivity index is 1.46. The normalized spacial score (nSPS) is 11.1. The molecule has 0 fully saturated rings.